The van der Waals surface area contributed by atoms with E-state index in [1.807, 2.05) is 0 Å². The summed E-state index contributed by atoms with van der Waals surface area (Å²) in [6, 6.07) is 0. The van der Waals surface area contributed by atoms with Gasteiger partial charge >= 0.3 is 12.1 Å². The molecule has 0 aliphatic carbocycles. The van der Waals surface area contributed by atoms with Crippen LogP contribution in [0.1, 0.15) is 6.42 Å². The van der Waals surface area contributed by atoms with Crippen LogP contribution in [0.25, 0.3) is 0 Å². The number of rotatable bonds is 2. The fraction of sp³-hybridized carbons (Fsp3) is 0.667. The third-order valence-electron chi connectivity index (χ3n) is 0.823. The molecule has 74 valence electrons. The summed E-state index contributed by atoms with van der Waals surface area (Å²) < 4.78 is 67.5. The first-order chi connectivity index (χ1) is 5.31. The highest BCUT2D eigenvalue weighted by molar-refractivity contribution is 4.74. The van der Waals surface area contributed by atoms with E-state index >= 15 is 0 Å². The van der Waals surface area contributed by atoms with Gasteiger partial charge in [0.05, 0.1) is 6.67 Å². The Labute approximate surface area is 65.9 Å². The Bertz CT molecular complexity index is 116. The predicted octanol–water partition coefficient (Wildman–Crippen LogP) is 3.35. The molecule has 0 amide bonds. The summed E-state index contributed by atoms with van der Waals surface area (Å²) in [5, 5.41) is 0. The first-order valence-corrected chi connectivity index (χ1v) is 2.82. The van der Waals surface area contributed by atoms with Gasteiger partial charge in [-0.1, -0.05) is 0 Å². The lowest BCUT2D eigenvalue weighted by Crippen LogP contribution is -2.36. The Morgan fingerprint density at radius 1 is 0.917 bits per heavy atom. The Morgan fingerprint density at radius 3 is 1.33 bits per heavy atom. The molecule has 12 heavy (non-hydrogen) atoms. The maximum atomic E-state index is 11.6. The van der Waals surface area contributed by atoms with Crippen molar-refractivity contribution in [2.45, 2.75) is 18.5 Å². The molecular weight excluding hydrogens is 186 g/mol. The van der Waals surface area contributed by atoms with Crippen LogP contribution in [0, 0.1) is 0 Å². The molecule has 0 unspecified atom stereocenters. The first kappa shape index (κ1) is 13.9. The smallest absolute Gasteiger partial charge is 0.251 e. The summed E-state index contributed by atoms with van der Waals surface area (Å²) in [6.45, 7) is 4.33. The lowest BCUT2D eigenvalue weighted by Gasteiger charge is -2.17. The highest BCUT2D eigenvalue weighted by Crippen LogP contribution is 2.37. The zero-order valence-electron chi connectivity index (χ0n) is 6.10. The highest BCUT2D eigenvalue weighted by Gasteiger charge is 2.56. The maximum Gasteiger partial charge on any atom is 0.453 e. The lowest BCUT2D eigenvalue weighted by molar-refractivity contribution is -0.284. The summed E-state index contributed by atoms with van der Waals surface area (Å²) >= 11 is 0. The number of alkyl halides is 6. The molecule has 0 atom stereocenters. The summed E-state index contributed by atoms with van der Waals surface area (Å²) in [6.07, 6.45) is -7.42. The molecule has 0 spiro atoms. The first-order valence-electron chi connectivity index (χ1n) is 2.82. The number of halogens is 6. The van der Waals surface area contributed by atoms with Gasteiger partial charge in [-0.05, 0) is 0 Å². The average Bonchev–Trinajstić information content (AvgIpc) is 1.89. The lowest BCUT2D eigenvalue weighted by atomic mass is 10.2. The van der Waals surface area contributed by atoms with Crippen LogP contribution in [0.15, 0.2) is 13.2 Å². The zero-order chi connectivity index (χ0) is 10.4. The molecule has 0 heterocycles. The number of hydrogen-bond acceptors (Lipinski definition) is 0. The van der Waals surface area contributed by atoms with Crippen molar-refractivity contribution < 1.29 is 26.3 Å². The van der Waals surface area contributed by atoms with Crippen molar-refractivity contribution >= 4 is 0 Å². The van der Waals surface area contributed by atoms with E-state index in [4.69, 9.17) is 0 Å². The average molecular weight is 194 g/mol. The van der Waals surface area contributed by atoms with E-state index in [2.05, 4.69) is 13.2 Å². The van der Waals surface area contributed by atoms with Crippen molar-refractivity contribution in [1.29, 1.82) is 0 Å². The van der Waals surface area contributed by atoms with E-state index in [0.29, 0.717) is 0 Å². The molecule has 0 aromatic heterocycles. The van der Waals surface area contributed by atoms with Crippen LogP contribution in [0.4, 0.5) is 26.3 Å². The minimum absolute atomic E-state index is 1.67. The molecule has 0 fully saturated rings. The molecule has 0 N–H and O–H groups in total. The molecule has 0 aliphatic rings. The van der Waals surface area contributed by atoms with Crippen molar-refractivity contribution in [3.05, 3.63) is 13.2 Å². The van der Waals surface area contributed by atoms with Crippen molar-refractivity contribution in [2.24, 2.45) is 0 Å². The van der Waals surface area contributed by atoms with Gasteiger partial charge in [-0.25, -0.2) is 0 Å². The van der Waals surface area contributed by atoms with Gasteiger partial charge in [0.1, 0.15) is 0 Å². The Hall–Kier alpha value is -0.680. The summed E-state index contributed by atoms with van der Waals surface area (Å²) in [5.41, 5.74) is 0. The van der Waals surface area contributed by atoms with Gasteiger partial charge < -0.3 is 0 Å². The van der Waals surface area contributed by atoms with Gasteiger partial charge in [-0.3, -0.25) is 4.39 Å². The monoisotopic (exact) mass is 194 g/mol. The van der Waals surface area contributed by atoms with Crippen LogP contribution >= 0.6 is 0 Å². The predicted molar refractivity (Wildman–Crippen MR) is 32.8 cm³/mol. The second-order valence-electron chi connectivity index (χ2n) is 1.64. The maximum absolute atomic E-state index is 11.6. The van der Waals surface area contributed by atoms with Crippen LogP contribution in [0.5, 0.6) is 0 Å². The Morgan fingerprint density at radius 2 is 1.25 bits per heavy atom. The van der Waals surface area contributed by atoms with Crippen molar-refractivity contribution in [3.8, 4) is 0 Å². The molecular formula is C6H8F6. The summed E-state index contributed by atoms with van der Waals surface area (Å²) in [7, 11) is 0. The van der Waals surface area contributed by atoms with Gasteiger partial charge in [0.2, 0.25) is 0 Å². The van der Waals surface area contributed by atoms with Crippen molar-refractivity contribution in [2.75, 3.05) is 6.67 Å². The SMILES string of the molecule is C=C.FCCC(F)(F)C(F)(F)F. The molecule has 0 radical (unpaired) electrons. The zero-order valence-corrected chi connectivity index (χ0v) is 6.10. The summed E-state index contributed by atoms with van der Waals surface area (Å²) in [4.78, 5) is 0. The normalized spacial score (nSPS) is 11.8. The molecule has 0 nitrogen and oxygen atoms in total. The second kappa shape index (κ2) is 5.05. The van der Waals surface area contributed by atoms with E-state index in [0.717, 1.165) is 0 Å². The third-order valence-corrected chi connectivity index (χ3v) is 0.823. The molecule has 6 heteroatoms. The summed E-state index contributed by atoms with van der Waals surface area (Å²) in [5.74, 6) is -4.89. The van der Waals surface area contributed by atoms with Crippen LogP contribution < -0.4 is 0 Å². The Balaban J connectivity index is 0. The van der Waals surface area contributed by atoms with E-state index in [9.17, 15) is 26.3 Å². The van der Waals surface area contributed by atoms with Crippen molar-refractivity contribution in [3.63, 3.8) is 0 Å². The third kappa shape index (κ3) is 4.25. The van der Waals surface area contributed by atoms with E-state index in [-0.39, 0.29) is 0 Å². The molecule has 0 aliphatic heterocycles. The van der Waals surface area contributed by atoms with Gasteiger partial charge in [0.15, 0.2) is 0 Å². The topological polar surface area (TPSA) is 0 Å². The van der Waals surface area contributed by atoms with Gasteiger partial charge in [0, 0.05) is 6.42 Å². The molecule has 0 aromatic rings. The number of hydrogen-bond donors (Lipinski definition) is 0. The fourth-order valence-corrected chi connectivity index (χ4v) is 0.260. The van der Waals surface area contributed by atoms with Gasteiger partial charge in [-0.2, -0.15) is 22.0 Å². The standard InChI is InChI=1S/C4H4F6.C2H4/c5-2-1-3(6,7)4(8,9)10;1-2/h1-2H2;1-2H2. The second-order valence-corrected chi connectivity index (χ2v) is 1.64. The quantitative estimate of drug-likeness (QED) is 0.467. The van der Waals surface area contributed by atoms with Crippen LogP contribution in [-0.4, -0.2) is 18.8 Å². The molecule has 0 saturated heterocycles. The minimum atomic E-state index is -5.63. The van der Waals surface area contributed by atoms with Crippen LogP contribution in [-0.2, 0) is 0 Å². The minimum Gasteiger partial charge on any atom is -0.251 e. The molecule has 0 rings (SSSR count). The highest BCUT2D eigenvalue weighted by atomic mass is 19.4. The van der Waals surface area contributed by atoms with Gasteiger partial charge in [-0.15, -0.1) is 13.2 Å². The van der Waals surface area contributed by atoms with Crippen LogP contribution in [0.2, 0.25) is 0 Å². The molecule has 0 bridgehead atoms. The largest absolute Gasteiger partial charge is 0.453 e. The van der Waals surface area contributed by atoms with Gasteiger partial charge in [0.25, 0.3) is 0 Å². The fourth-order valence-electron chi connectivity index (χ4n) is 0.260. The van der Waals surface area contributed by atoms with E-state index < -0.39 is 25.2 Å². The van der Waals surface area contributed by atoms with Crippen molar-refractivity contribution in [1.82, 2.24) is 0 Å². The van der Waals surface area contributed by atoms with E-state index in [1.54, 1.807) is 0 Å². The van der Waals surface area contributed by atoms with E-state index in [1.165, 1.54) is 0 Å². The molecule has 0 aromatic carbocycles. The Kier molecular flexibility index (Phi) is 5.84. The molecule has 0 saturated carbocycles. The van der Waals surface area contributed by atoms with Crippen LogP contribution in [0.3, 0.4) is 0 Å².